The van der Waals surface area contributed by atoms with Gasteiger partial charge in [0.05, 0.1) is 13.2 Å². The van der Waals surface area contributed by atoms with E-state index in [1.54, 1.807) is 0 Å². The molecule has 142 valence electrons. The zero-order chi connectivity index (χ0) is 19.2. The summed E-state index contributed by atoms with van der Waals surface area (Å²) < 4.78 is 11.6. The minimum atomic E-state index is 0.182. The van der Waals surface area contributed by atoms with Gasteiger partial charge in [-0.3, -0.25) is 0 Å². The van der Waals surface area contributed by atoms with Gasteiger partial charge >= 0.3 is 0 Å². The maximum absolute atomic E-state index is 5.82. The van der Waals surface area contributed by atoms with Gasteiger partial charge < -0.3 is 9.47 Å². The molecule has 0 atom stereocenters. The second kappa shape index (κ2) is 8.62. The predicted octanol–water partition coefficient (Wildman–Crippen LogP) is 6.52. The van der Waals surface area contributed by atoms with Crippen LogP contribution in [0.15, 0.2) is 48.5 Å². The lowest BCUT2D eigenvalue weighted by molar-refractivity contribution is 0.266. The van der Waals surface area contributed by atoms with Crippen LogP contribution in [0.25, 0.3) is 0 Å². The highest BCUT2D eigenvalue weighted by Gasteiger charge is 2.13. The Morgan fingerprint density at radius 2 is 0.846 bits per heavy atom. The summed E-state index contributed by atoms with van der Waals surface area (Å²) in [6.45, 7) is 14.8. The third-order valence-corrected chi connectivity index (χ3v) is 4.52. The Kier molecular flexibility index (Phi) is 6.75. The fourth-order valence-corrected chi connectivity index (χ4v) is 2.69. The normalized spacial score (nSPS) is 12.1. The van der Waals surface area contributed by atoms with E-state index in [-0.39, 0.29) is 10.8 Å². The van der Waals surface area contributed by atoms with Gasteiger partial charge in [0.2, 0.25) is 0 Å². The molecule has 0 aliphatic rings. The monoisotopic (exact) mass is 354 g/mol. The van der Waals surface area contributed by atoms with Gasteiger partial charge in [0.1, 0.15) is 11.5 Å². The lowest BCUT2D eigenvalue weighted by Gasteiger charge is -2.19. The van der Waals surface area contributed by atoms with E-state index in [1.165, 1.54) is 11.1 Å². The Hall–Kier alpha value is -1.96. The number of hydrogen-bond acceptors (Lipinski definition) is 2. The number of rotatable bonds is 7. The molecule has 0 radical (unpaired) electrons. The van der Waals surface area contributed by atoms with E-state index in [2.05, 4.69) is 90.1 Å². The number of ether oxygens (including phenoxy) is 2. The van der Waals surface area contributed by atoms with E-state index < -0.39 is 0 Å². The molecule has 2 heteroatoms. The molecule has 0 amide bonds. The van der Waals surface area contributed by atoms with Crippen molar-refractivity contribution in [3.05, 3.63) is 59.7 Å². The Labute approximate surface area is 159 Å². The minimum Gasteiger partial charge on any atom is -0.494 e. The second-order valence-corrected chi connectivity index (χ2v) is 8.95. The maximum Gasteiger partial charge on any atom is 0.119 e. The van der Waals surface area contributed by atoms with Crippen molar-refractivity contribution >= 4 is 0 Å². The van der Waals surface area contributed by atoms with E-state index in [1.807, 2.05) is 0 Å². The highest BCUT2D eigenvalue weighted by atomic mass is 16.5. The van der Waals surface area contributed by atoms with Gasteiger partial charge in [0.25, 0.3) is 0 Å². The topological polar surface area (TPSA) is 18.5 Å². The average Bonchev–Trinajstić information content (AvgIpc) is 2.57. The first-order valence-corrected chi connectivity index (χ1v) is 9.63. The van der Waals surface area contributed by atoms with Crippen molar-refractivity contribution in [1.82, 2.24) is 0 Å². The molecule has 0 heterocycles. The van der Waals surface area contributed by atoms with Crippen LogP contribution in [0.1, 0.15) is 65.5 Å². The van der Waals surface area contributed by atoms with Crippen LogP contribution in [0.3, 0.4) is 0 Å². The summed E-state index contributed by atoms with van der Waals surface area (Å²) in [4.78, 5) is 0. The number of unbranched alkanes of at least 4 members (excludes halogenated alkanes) is 1. The predicted molar refractivity (Wildman–Crippen MR) is 111 cm³/mol. The van der Waals surface area contributed by atoms with Crippen LogP contribution in [0.5, 0.6) is 11.5 Å². The lowest BCUT2D eigenvalue weighted by atomic mass is 9.87. The summed E-state index contributed by atoms with van der Waals surface area (Å²) in [5, 5.41) is 0. The first-order valence-electron chi connectivity index (χ1n) is 9.63. The summed E-state index contributed by atoms with van der Waals surface area (Å²) in [5.41, 5.74) is 3.02. The number of hydrogen-bond donors (Lipinski definition) is 0. The molecule has 0 aliphatic carbocycles. The fourth-order valence-electron chi connectivity index (χ4n) is 2.69. The van der Waals surface area contributed by atoms with Gasteiger partial charge in [-0.05, 0) is 59.1 Å². The maximum atomic E-state index is 5.82. The van der Waals surface area contributed by atoms with E-state index in [4.69, 9.17) is 9.47 Å². The van der Waals surface area contributed by atoms with Gasteiger partial charge in [-0.15, -0.1) is 0 Å². The Morgan fingerprint density at radius 3 is 1.12 bits per heavy atom. The second-order valence-electron chi connectivity index (χ2n) is 8.95. The summed E-state index contributed by atoms with van der Waals surface area (Å²) in [6, 6.07) is 16.9. The standard InChI is InChI=1S/C24H34O2/c1-23(2,3)19-9-13-21(14-10-19)25-17-7-8-18-26-22-15-11-20(12-16-22)24(4,5)6/h9-16H,7-8,17-18H2,1-6H3. The molecule has 0 aromatic heterocycles. The van der Waals surface area contributed by atoms with Gasteiger partial charge in [0, 0.05) is 0 Å². The fraction of sp³-hybridized carbons (Fsp3) is 0.500. The molecular formula is C24H34O2. The smallest absolute Gasteiger partial charge is 0.119 e. The third kappa shape index (κ3) is 6.40. The van der Waals surface area contributed by atoms with Crippen molar-refractivity contribution in [2.24, 2.45) is 0 Å². The van der Waals surface area contributed by atoms with Gasteiger partial charge in [0.15, 0.2) is 0 Å². The van der Waals surface area contributed by atoms with Crippen LogP contribution in [0.2, 0.25) is 0 Å². The quantitative estimate of drug-likeness (QED) is 0.527. The molecular weight excluding hydrogens is 320 g/mol. The van der Waals surface area contributed by atoms with Crippen LogP contribution in [-0.4, -0.2) is 13.2 Å². The molecule has 0 saturated carbocycles. The molecule has 0 saturated heterocycles. The summed E-state index contributed by atoms with van der Waals surface area (Å²) in [5.74, 6) is 1.88. The van der Waals surface area contributed by atoms with Gasteiger partial charge in [-0.1, -0.05) is 65.8 Å². The Bertz CT molecular complexity index is 594. The van der Waals surface area contributed by atoms with E-state index in [9.17, 15) is 0 Å². The Balaban J connectivity index is 1.65. The molecule has 2 aromatic carbocycles. The van der Waals surface area contributed by atoms with Crippen molar-refractivity contribution in [3.63, 3.8) is 0 Å². The first kappa shape index (κ1) is 20.4. The van der Waals surface area contributed by atoms with Crippen molar-refractivity contribution in [2.45, 2.75) is 65.2 Å². The largest absolute Gasteiger partial charge is 0.494 e. The van der Waals surface area contributed by atoms with Crippen molar-refractivity contribution < 1.29 is 9.47 Å². The minimum absolute atomic E-state index is 0.182. The molecule has 2 nitrogen and oxygen atoms in total. The van der Waals surface area contributed by atoms with Crippen LogP contribution >= 0.6 is 0 Å². The Morgan fingerprint density at radius 1 is 0.538 bits per heavy atom. The summed E-state index contributed by atoms with van der Waals surface area (Å²) >= 11 is 0. The SMILES string of the molecule is CC(C)(C)c1ccc(OCCCCOc2ccc(C(C)(C)C)cc2)cc1. The first-order chi connectivity index (χ1) is 12.2. The summed E-state index contributed by atoms with van der Waals surface area (Å²) in [7, 11) is 0. The van der Waals surface area contributed by atoms with Crippen LogP contribution in [0, 0.1) is 0 Å². The zero-order valence-electron chi connectivity index (χ0n) is 17.3. The summed E-state index contributed by atoms with van der Waals surface area (Å²) in [6.07, 6.45) is 1.97. The van der Waals surface area contributed by atoms with Crippen molar-refractivity contribution in [3.8, 4) is 11.5 Å². The molecule has 0 fully saturated rings. The molecule has 26 heavy (non-hydrogen) atoms. The molecule has 0 bridgehead atoms. The third-order valence-electron chi connectivity index (χ3n) is 4.52. The van der Waals surface area contributed by atoms with Crippen molar-refractivity contribution in [2.75, 3.05) is 13.2 Å². The average molecular weight is 355 g/mol. The van der Waals surface area contributed by atoms with Gasteiger partial charge in [-0.25, -0.2) is 0 Å². The zero-order valence-corrected chi connectivity index (χ0v) is 17.3. The highest BCUT2D eigenvalue weighted by Crippen LogP contribution is 2.25. The van der Waals surface area contributed by atoms with Crippen LogP contribution < -0.4 is 9.47 Å². The molecule has 0 N–H and O–H groups in total. The molecule has 2 rings (SSSR count). The number of benzene rings is 2. The van der Waals surface area contributed by atoms with E-state index in [0.29, 0.717) is 0 Å². The van der Waals surface area contributed by atoms with Crippen LogP contribution in [-0.2, 0) is 10.8 Å². The van der Waals surface area contributed by atoms with Crippen molar-refractivity contribution in [1.29, 1.82) is 0 Å². The van der Waals surface area contributed by atoms with E-state index in [0.717, 1.165) is 37.6 Å². The van der Waals surface area contributed by atoms with E-state index >= 15 is 0 Å². The lowest BCUT2D eigenvalue weighted by Crippen LogP contribution is -2.10. The molecule has 2 aromatic rings. The molecule has 0 spiro atoms. The highest BCUT2D eigenvalue weighted by molar-refractivity contribution is 5.31. The van der Waals surface area contributed by atoms with Crippen LogP contribution in [0.4, 0.5) is 0 Å². The molecule has 0 unspecified atom stereocenters. The van der Waals surface area contributed by atoms with Gasteiger partial charge in [-0.2, -0.15) is 0 Å². The molecule has 0 aliphatic heterocycles.